The first-order valence-electron chi connectivity index (χ1n) is 13.2. The van der Waals surface area contributed by atoms with Crippen molar-refractivity contribution in [2.75, 3.05) is 13.1 Å². The molecule has 1 saturated heterocycles. The van der Waals surface area contributed by atoms with Crippen LogP contribution in [0.4, 0.5) is 0 Å². The fourth-order valence-corrected chi connectivity index (χ4v) is 8.96. The fraction of sp³-hybridized carbons (Fsp3) is 0.483. The van der Waals surface area contributed by atoms with Crippen LogP contribution in [0.3, 0.4) is 0 Å². The summed E-state index contributed by atoms with van der Waals surface area (Å²) in [5.41, 5.74) is 1.30. The van der Waals surface area contributed by atoms with Crippen LogP contribution < -0.4 is 10.1 Å². The molecule has 2 aromatic carbocycles. The van der Waals surface area contributed by atoms with Gasteiger partial charge in [-0.3, -0.25) is 9.69 Å². The maximum atomic E-state index is 13.6. The number of aliphatic hydroxyl groups is 1. The molecule has 1 amide bonds. The highest BCUT2D eigenvalue weighted by Crippen LogP contribution is 2.65. The lowest BCUT2D eigenvalue weighted by Crippen LogP contribution is -2.78. The second-order valence-corrected chi connectivity index (χ2v) is 12.5. The molecule has 0 radical (unpaired) electrons. The standard InChI is InChI=1S/C29H30N2O4S/c32-21-7-6-18-14-22-29(34)10-8-20(30-27(33)19-3-1-2-17-9-13-36-25(17)19)26-28(29,23(18)24(21)35-26)11-12-31(22)15-16-4-5-16/h1-3,6-7,9,13,16,20,22,26,32,34H,4-5,8,10-12,14-15H2,(H,30,33)/t20-,22+,26-,28-,29+/m0/s1. The number of hydrogen-bond acceptors (Lipinski definition) is 6. The van der Waals surface area contributed by atoms with Crippen molar-refractivity contribution < 1.29 is 19.7 Å². The lowest BCUT2D eigenvalue weighted by molar-refractivity contribution is -0.191. The molecule has 8 rings (SSSR count). The van der Waals surface area contributed by atoms with E-state index in [9.17, 15) is 15.0 Å². The molecule has 3 N–H and O–H groups in total. The molecule has 2 saturated carbocycles. The van der Waals surface area contributed by atoms with Gasteiger partial charge >= 0.3 is 0 Å². The Morgan fingerprint density at radius 3 is 2.92 bits per heavy atom. The summed E-state index contributed by atoms with van der Waals surface area (Å²) in [5.74, 6) is 1.31. The summed E-state index contributed by atoms with van der Waals surface area (Å²) in [7, 11) is 0. The predicted octanol–water partition coefficient (Wildman–Crippen LogP) is 3.97. The normalized spacial score (nSPS) is 34.3. The number of thiophene rings is 1. The minimum absolute atomic E-state index is 0.0393. The molecule has 2 aliphatic heterocycles. The molecule has 7 heteroatoms. The van der Waals surface area contributed by atoms with Gasteiger partial charge in [-0.05, 0) is 85.5 Å². The Morgan fingerprint density at radius 2 is 2.06 bits per heavy atom. The monoisotopic (exact) mass is 502 g/mol. The van der Waals surface area contributed by atoms with Gasteiger partial charge in [-0.25, -0.2) is 0 Å². The van der Waals surface area contributed by atoms with Crippen LogP contribution in [-0.2, 0) is 11.8 Å². The van der Waals surface area contributed by atoms with Crippen molar-refractivity contribution >= 4 is 27.3 Å². The van der Waals surface area contributed by atoms with Crippen molar-refractivity contribution in [2.24, 2.45) is 5.92 Å². The van der Waals surface area contributed by atoms with Crippen molar-refractivity contribution in [3.63, 3.8) is 0 Å². The number of fused-ring (bicyclic) bond motifs is 1. The van der Waals surface area contributed by atoms with E-state index in [0.717, 1.165) is 47.5 Å². The Labute approximate surface area is 213 Å². The van der Waals surface area contributed by atoms with Crippen molar-refractivity contribution in [3.8, 4) is 11.5 Å². The SMILES string of the molecule is O=C(N[C@H]1CC[C@@]2(O)[C@H]3Cc4ccc(O)c5c4[C@@]2(CCN3CC2CC2)[C@H]1O5)c1cccc2ccsc12. The number of carbonyl (C=O) groups is 1. The van der Waals surface area contributed by atoms with E-state index in [1.807, 2.05) is 35.7 Å². The molecule has 1 spiro atoms. The third-order valence-electron chi connectivity index (χ3n) is 9.80. The van der Waals surface area contributed by atoms with Gasteiger partial charge in [0.2, 0.25) is 0 Å². The lowest BCUT2D eigenvalue weighted by atomic mass is 9.48. The first-order chi connectivity index (χ1) is 17.5. The quantitative estimate of drug-likeness (QED) is 0.503. The molecular formula is C29H30N2O4S. The third kappa shape index (κ3) is 2.66. The van der Waals surface area contributed by atoms with Crippen molar-refractivity contribution in [3.05, 3.63) is 58.5 Å². The average Bonchev–Trinajstić information content (AvgIpc) is 3.41. The highest BCUT2D eigenvalue weighted by atomic mass is 32.1. The summed E-state index contributed by atoms with van der Waals surface area (Å²) in [4.78, 5) is 16.1. The van der Waals surface area contributed by atoms with Gasteiger partial charge in [0, 0.05) is 22.8 Å². The number of likely N-dealkylation sites (tertiary alicyclic amines) is 1. The van der Waals surface area contributed by atoms with Gasteiger partial charge in [-0.15, -0.1) is 11.3 Å². The number of phenols is 1. The Balaban J connectivity index is 1.20. The summed E-state index contributed by atoms with van der Waals surface area (Å²) >= 11 is 1.58. The van der Waals surface area contributed by atoms with Gasteiger partial charge < -0.3 is 20.3 Å². The molecule has 36 heavy (non-hydrogen) atoms. The largest absolute Gasteiger partial charge is 0.504 e. The molecule has 3 heterocycles. The molecule has 0 unspecified atom stereocenters. The molecule has 3 fully saturated rings. The summed E-state index contributed by atoms with van der Waals surface area (Å²) in [5, 5.41) is 29.8. The number of nitrogens with one attached hydrogen (secondary N) is 1. The lowest BCUT2D eigenvalue weighted by Gasteiger charge is -2.64. The summed E-state index contributed by atoms with van der Waals surface area (Å²) < 4.78 is 7.57. The number of nitrogens with zero attached hydrogens (tertiary/aromatic N) is 1. The minimum Gasteiger partial charge on any atom is -0.504 e. The number of phenolic OH excluding ortho intramolecular Hbond substituents is 1. The molecule has 2 bridgehead atoms. The molecule has 3 aromatic rings. The second-order valence-electron chi connectivity index (χ2n) is 11.6. The number of ether oxygens (including phenoxy) is 1. The van der Waals surface area contributed by atoms with Gasteiger partial charge in [0.15, 0.2) is 11.5 Å². The van der Waals surface area contributed by atoms with Crippen molar-refractivity contribution in [2.45, 2.75) is 67.7 Å². The minimum atomic E-state index is -0.939. The molecule has 6 nitrogen and oxygen atoms in total. The summed E-state index contributed by atoms with van der Waals surface area (Å²) in [6.45, 7) is 1.97. The first-order valence-corrected chi connectivity index (χ1v) is 14.1. The van der Waals surface area contributed by atoms with E-state index in [1.165, 1.54) is 18.4 Å². The van der Waals surface area contributed by atoms with Crippen molar-refractivity contribution in [1.82, 2.24) is 10.2 Å². The Bertz CT molecular complexity index is 1420. The second kappa shape index (κ2) is 7.24. The van der Waals surface area contributed by atoms with E-state index in [1.54, 1.807) is 17.4 Å². The summed E-state index contributed by atoms with van der Waals surface area (Å²) in [6, 6.07) is 11.4. The topological polar surface area (TPSA) is 82.0 Å². The maximum Gasteiger partial charge on any atom is 0.253 e. The summed E-state index contributed by atoms with van der Waals surface area (Å²) in [6.07, 6.45) is 4.98. The van der Waals surface area contributed by atoms with Crippen molar-refractivity contribution in [1.29, 1.82) is 0 Å². The zero-order valence-corrected chi connectivity index (χ0v) is 20.9. The van der Waals surface area contributed by atoms with Crippen LogP contribution in [0.15, 0.2) is 41.8 Å². The average molecular weight is 503 g/mol. The number of piperidine rings is 1. The van der Waals surface area contributed by atoms with Gasteiger partial charge in [-0.2, -0.15) is 0 Å². The van der Waals surface area contributed by atoms with E-state index >= 15 is 0 Å². The number of hydrogen-bond donors (Lipinski definition) is 3. The number of amides is 1. The van der Waals surface area contributed by atoms with Gasteiger partial charge in [0.05, 0.1) is 22.6 Å². The molecule has 186 valence electrons. The Kier molecular flexibility index (Phi) is 4.32. The van der Waals surface area contributed by atoms with E-state index in [-0.39, 0.29) is 23.7 Å². The molecule has 5 atom stereocenters. The Morgan fingerprint density at radius 1 is 1.17 bits per heavy atom. The molecular weight excluding hydrogens is 472 g/mol. The third-order valence-corrected chi connectivity index (χ3v) is 10.8. The van der Waals surface area contributed by atoms with Gasteiger partial charge in [0.25, 0.3) is 5.91 Å². The first kappa shape index (κ1) is 21.5. The van der Waals surface area contributed by atoms with Crippen LogP contribution in [-0.4, -0.2) is 57.9 Å². The van der Waals surface area contributed by atoms with Gasteiger partial charge in [-0.1, -0.05) is 18.2 Å². The number of benzene rings is 2. The van der Waals surface area contributed by atoms with Crippen LogP contribution in [0.1, 0.15) is 53.6 Å². The highest BCUT2D eigenvalue weighted by molar-refractivity contribution is 7.17. The van der Waals surface area contributed by atoms with E-state index in [0.29, 0.717) is 24.2 Å². The molecule has 1 aromatic heterocycles. The van der Waals surface area contributed by atoms with Crippen LogP contribution in [0, 0.1) is 5.92 Å². The van der Waals surface area contributed by atoms with E-state index in [4.69, 9.17) is 4.74 Å². The van der Waals surface area contributed by atoms with Gasteiger partial charge in [0.1, 0.15) is 6.10 Å². The molecule has 5 aliphatic rings. The van der Waals surface area contributed by atoms with E-state index < -0.39 is 17.1 Å². The van der Waals surface area contributed by atoms with Crippen LogP contribution in [0.5, 0.6) is 11.5 Å². The van der Waals surface area contributed by atoms with E-state index in [2.05, 4.69) is 10.2 Å². The highest BCUT2D eigenvalue weighted by Gasteiger charge is 2.73. The smallest absolute Gasteiger partial charge is 0.253 e. The Hall–Kier alpha value is -2.61. The molecule has 3 aliphatic carbocycles. The van der Waals surface area contributed by atoms with Crippen LogP contribution >= 0.6 is 11.3 Å². The number of rotatable bonds is 4. The fourth-order valence-electron chi connectivity index (χ4n) is 8.05. The maximum absolute atomic E-state index is 13.6. The van der Waals surface area contributed by atoms with Crippen LogP contribution in [0.2, 0.25) is 0 Å². The number of aromatic hydroxyl groups is 1. The predicted molar refractivity (Wildman–Crippen MR) is 138 cm³/mol. The zero-order chi connectivity index (χ0) is 24.2. The van der Waals surface area contributed by atoms with Crippen LogP contribution in [0.25, 0.3) is 10.1 Å². The number of carbonyl (C=O) groups excluding carboxylic acids is 1. The zero-order valence-electron chi connectivity index (χ0n) is 20.1.